The van der Waals surface area contributed by atoms with Crippen LogP contribution in [-0.2, 0) is 11.3 Å². The maximum Gasteiger partial charge on any atom is 0.245 e. The van der Waals surface area contributed by atoms with E-state index >= 15 is 0 Å². The van der Waals surface area contributed by atoms with Crippen molar-refractivity contribution in [3.8, 4) is 5.75 Å². The van der Waals surface area contributed by atoms with Gasteiger partial charge in [-0.1, -0.05) is 6.07 Å². The van der Waals surface area contributed by atoms with Crippen LogP contribution in [0, 0.1) is 0 Å². The Hall–Kier alpha value is -2.47. The number of methoxy groups -OCH3 is 1. The molecule has 2 aromatic rings. The van der Waals surface area contributed by atoms with Gasteiger partial charge in [0, 0.05) is 31.9 Å². The zero-order valence-corrected chi connectivity index (χ0v) is 14.7. The first-order chi connectivity index (χ1) is 12.1. The van der Waals surface area contributed by atoms with Crippen molar-refractivity contribution in [3.63, 3.8) is 0 Å². The summed E-state index contributed by atoms with van der Waals surface area (Å²) in [6.45, 7) is 2.42. The molecule has 6 heteroatoms. The lowest BCUT2D eigenvalue weighted by atomic mass is 9.86. The molecule has 0 radical (unpaired) electrons. The molecule has 1 saturated heterocycles. The molecule has 2 N–H and O–H groups in total. The van der Waals surface area contributed by atoms with E-state index in [9.17, 15) is 4.79 Å². The number of ether oxygens (including phenoxy) is 1. The summed E-state index contributed by atoms with van der Waals surface area (Å²) in [5, 5.41) is 6.27. The van der Waals surface area contributed by atoms with E-state index in [0.29, 0.717) is 0 Å². The first-order valence-electron chi connectivity index (χ1n) is 8.54. The van der Waals surface area contributed by atoms with E-state index in [2.05, 4.69) is 15.5 Å². The summed E-state index contributed by atoms with van der Waals surface area (Å²) in [5.74, 6) is 1.74. The van der Waals surface area contributed by atoms with Crippen molar-refractivity contribution in [1.29, 1.82) is 0 Å². The predicted octanol–water partition coefficient (Wildman–Crippen LogP) is 2.48. The fourth-order valence-electron chi connectivity index (χ4n) is 3.34. The van der Waals surface area contributed by atoms with E-state index in [4.69, 9.17) is 9.15 Å². The van der Waals surface area contributed by atoms with Gasteiger partial charge in [0.1, 0.15) is 17.0 Å². The number of likely N-dealkylation sites (tertiary alicyclic amines) is 1. The average Bonchev–Trinajstić information content (AvgIpc) is 3.16. The third kappa shape index (κ3) is 3.96. The number of piperidine rings is 1. The molecule has 1 fully saturated rings. The predicted molar refractivity (Wildman–Crippen MR) is 96.6 cm³/mol. The lowest BCUT2D eigenvalue weighted by Gasteiger charge is -2.41. The van der Waals surface area contributed by atoms with E-state index in [0.717, 1.165) is 49.7 Å². The quantitative estimate of drug-likeness (QED) is 0.843. The molecule has 6 nitrogen and oxygen atoms in total. The molecule has 0 atom stereocenters. The number of nitrogens with one attached hydrogen (secondary N) is 2. The third-order valence-corrected chi connectivity index (χ3v) is 4.78. The highest BCUT2D eigenvalue weighted by atomic mass is 16.5. The van der Waals surface area contributed by atoms with Gasteiger partial charge in [-0.15, -0.1) is 0 Å². The van der Waals surface area contributed by atoms with Crippen molar-refractivity contribution < 1.29 is 13.9 Å². The Labute approximate surface area is 148 Å². The summed E-state index contributed by atoms with van der Waals surface area (Å²) >= 11 is 0. The van der Waals surface area contributed by atoms with Gasteiger partial charge in [0.15, 0.2) is 0 Å². The molecule has 1 amide bonds. The van der Waals surface area contributed by atoms with Crippen LogP contribution in [0.3, 0.4) is 0 Å². The molecule has 1 aromatic carbocycles. The van der Waals surface area contributed by atoms with E-state index in [-0.39, 0.29) is 5.91 Å². The Bertz CT molecular complexity index is 692. The van der Waals surface area contributed by atoms with E-state index in [1.165, 1.54) is 0 Å². The summed E-state index contributed by atoms with van der Waals surface area (Å²) in [4.78, 5) is 14.9. The van der Waals surface area contributed by atoms with Crippen LogP contribution >= 0.6 is 0 Å². The number of hydrogen-bond acceptors (Lipinski definition) is 5. The van der Waals surface area contributed by atoms with Gasteiger partial charge in [0.2, 0.25) is 5.91 Å². The molecule has 1 aliphatic heterocycles. The number of hydrogen-bond donors (Lipinski definition) is 2. The van der Waals surface area contributed by atoms with Crippen LogP contribution in [0.5, 0.6) is 5.75 Å². The van der Waals surface area contributed by atoms with Crippen LogP contribution < -0.4 is 15.4 Å². The lowest BCUT2D eigenvalue weighted by Crippen LogP contribution is -2.57. The van der Waals surface area contributed by atoms with Gasteiger partial charge in [-0.3, -0.25) is 9.69 Å². The molecule has 3 rings (SSSR count). The first kappa shape index (κ1) is 17.4. The van der Waals surface area contributed by atoms with Crippen molar-refractivity contribution in [1.82, 2.24) is 10.2 Å². The highest BCUT2D eigenvalue weighted by Gasteiger charge is 2.41. The van der Waals surface area contributed by atoms with Crippen LogP contribution in [0.15, 0.2) is 47.1 Å². The van der Waals surface area contributed by atoms with Crippen LogP contribution in [0.2, 0.25) is 0 Å². The number of carbonyl (C=O) groups excluding carboxylic acids is 1. The van der Waals surface area contributed by atoms with Gasteiger partial charge < -0.3 is 19.8 Å². The topological polar surface area (TPSA) is 66.7 Å². The van der Waals surface area contributed by atoms with Crippen LogP contribution in [0.4, 0.5) is 5.69 Å². The largest absolute Gasteiger partial charge is 0.497 e. The number of nitrogens with zero attached hydrogens (tertiary/aromatic N) is 1. The van der Waals surface area contributed by atoms with Gasteiger partial charge in [0.25, 0.3) is 0 Å². The molecule has 0 bridgehead atoms. The smallest absolute Gasteiger partial charge is 0.245 e. The molecular formula is C19H25N3O3. The minimum absolute atomic E-state index is 0.0213. The average molecular weight is 343 g/mol. The molecule has 1 aliphatic rings. The normalized spacial score (nSPS) is 17.0. The van der Waals surface area contributed by atoms with Gasteiger partial charge in [-0.2, -0.15) is 0 Å². The van der Waals surface area contributed by atoms with Crippen molar-refractivity contribution >= 4 is 11.6 Å². The second kappa shape index (κ2) is 7.61. The van der Waals surface area contributed by atoms with Crippen molar-refractivity contribution in [2.24, 2.45) is 0 Å². The van der Waals surface area contributed by atoms with Gasteiger partial charge in [-0.05, 0) is 37.1 Å². The number of carbonyl (C=O) groups is 1. The molecule has 0 unspecified atom stereocenters. The number of benzene rings is 1. The number of furan rings is 1. The van der Waals surface area contributed by atoms with Crippen LogP contribution in [0.1, 0.15) is 18.6 Å². The zero-order valence-electron chi connectivity index (χ0n) is 14.7. The number of rotatable bonds is 6. The van der Waals surface area contributed by atoms with Crippen molar-refractivity contribution in [2.75, 3.05) is 32.6 Å². The van der Waals surface area contributed by atoms with E-state index in [1.54, 1.807) is 20.4 Å². The van der Waals surface area contributed by atoms with Crippen molar-refractivity contribution in [3.05, 3.63) is 48.4 Å². The maximum atomic E-state index is 12.6. The summed E-state index contributed by atoms with van der Waals surface area (Å²) in [6.07, 6.45) is 3.15. The summed E-state index contributed by atoms with van der Waals surface area (Å²) in [6, 6.07) is 11.6. The summed E-state index contributed by atoms with van der Waals surface area (Å²) in [7, 11) is 3.33. The molecule has 0 aliphatic carbocycles. The van der Waals surface area contributed by atoms with Crippen LogP contribution in [-0.4, -0.2) is 43.6 Å². The fourth-order valence-corrected chi connectivity index (χ4v) is 3.34. The molecule has 1 aromatic heterocycles. The Morgan fingerprint density at radius 3 is 2.72 bits per heavy atom. The minimum atomic E-state index is -0.610. The highest BCUT2D eigenvalue weighted by molar-refractivity contribution is 5.89. The Morgan fingerprint density at radius 2 is 2.08 bits per heavy atom. The molecule has 2 heterocycles. The number of amides is 1. The fraction of sp³-hybridized carbons (Fsp3) is 0.421. The number of likely N-dealkylation sites (N-methyl/N-ethyl adjacent to an activating group) is 1. The zero-order chi connectivity index (χ0) is 17.7. The Balaban J connectivity index is 1.71. The SMILES string of the molecule is CNC(=O)C1(Nc2cccc(OC)c2)CCN(Cc2ccco2)CC1. The van der Waals surface area contributed by atoms with Gasteiger partial charge >= 0.3 is 0 Å². The molecular weight excluding hydrogens is 318 g/mol. The Morgan fingerprint density at radius 1 is 1.28 bits per heavy atom. The first-order valence-corrected chi connectivity index (χ1v) is 8.54. The second-order valence-electron chi connectivity index (χ2n) is 6.37. The number of anilines is 1. The van der Waals surface area contributed by atoms with Gasteiger partial charge in [-0.25, -0.2) is 0 Å². The summed E-state index contributed by atoms with van der Waals surface area (Å²) < 4.78 is 10.7. The van der Waals surface area contributed by atoms with Crippen LogP contribution in [0.25, 0.3) is 0 Å². The Kier molecular flexibility index (Phi) is 5.28. The molecule has 0 spiro atoms. The van der Waals surface area contributed by atoms with Gasteiger partial charge in [0.05, 0.1) is 19.9 Å². The third-order valence-electron chi connectivity index (χ3n) is 4.78. The van der Waals surface area contributed by atoms with E-state index in [1.807, 2.05) is 36.4 Å². The summed E-state index contributed by atoms with van der Waals surface area (Å²) in [5.41, 5.74) is 0.281. The highest BCUT2D eigenvalue weighted by Crippen LogP contribution is 2.29. The van der Waals surface area contributed by atoms with Crippen molar-refractivity contribution in [2.45, 2.75) is 24.9 Å². The molecule has 134 valence electrons. The monoisotopic (exact) mass is 343 g/mol. The lowest BCUT2D eigenvalue weighted by molar-refractivity contribution is -0.126. The minimum Gasteiger partial charge on any atom is -0.497 e. The standard InChI is InChI=1S/C19H25N3O3/c1-20-18(23)19(21-15-5-3-6-16(13-15)24-2)8-10-22(11-9-19)14-17-7-4-12-25-17/h3-7,12-13,21H,8-11,14H2,1-2H3,(H,20,23). The maximum absolute atomic E-state index is 12.6. The molecule has 25 heavy (non-hydrogen) atoms. The second-order valence-corrected chi connectivity index (χ2v) is 6.37. The molecule has 0 saturated carbocycles. The van der Waals surface area contributed by atoms with E-state index < -0.39 is 5.54 Å².